The number of halogens is 1. The van der Waals surface area contributed by atoms with Gasteiger partial charge in [-0.05, 0) is 43.7 Å². The van der Waals surface area contributed by atoms with Crippen LogP contribution in [0.2, 0.25) is 0 Å². The minimum absolute atomic E-state index is 0.228. The summed E-state index contributed by atoms with van der Waals surface area (Å²) >= 11 is 3.40. The Morgan fingerprint density at radius 2 is 2.12 bits per heavy atom. The molecular weight excluding hydrogens is 282 g/mol. The van der Waals surface area contributed by atoms with E-state index in [1.165, 1.54) is 6.42 Å². The number of benzene rings is 1. The van der Waals surface area contributed by atoms with Gasteiger partial charge in [-0.25, -0.2) is 0 Å². The molecule has 0 aliphatic carbocycles. The maximum absolute atomic E-state index is 5.30. The number of hydrogen-bond acceptors (Lipinski definition) is 4. The van der Waals surface area contributed by atoms with E-state index in [-0.39, 0.29) is 6.04 Å². The molecule has 0 saturated carbocycles. The highest BCUT2D eigenvalue weighted by molar-refractivity contribution is 9.10. The average Bonchev–Trinajstić information content (AvgIpc) is 3.00. The summed E-state index contributed by atoms with van der Waals surface area (Å²) in [6, 6.07) is 8.12. The summed E-state index contributed by atoms with van der Waals surface area (Å²) in [4.78, 5) is 4.44. The van der Waals surface area contributed by atoms with Crippen molar-refractivity contribution in [2.75, 3.05) is 6.54 Å². The molecule has 1 aliphatic heterocycles. The molecule has 88 valence electrons. The van der Waals surface area contributed by atoms with Crippen LogP contribution in [0.4, 0.5) is 0 Å². The summed E-state index contributed by atoms with van der Waals surface area (Å²) in [5, 5.41) is 7.36. The molecule has 0 bridgehead atoms. The molecule has 1 atom stereocenters. The quantitative estimate of drug-likeness (QED) is 0.925. The molecule has 1 aliphatic rings. The molecule has 2 aromatic rings. The molecule has 0 radical (unpaired) electrons. The van der Waals surface area contributed by atoms with Crippen LogP contribution in [0.25, 0.3) is 11.4 Å². The van der Waals surface area contributed by atoms with E-state index in [0.717, 1.165) is 23.0 Å². The average molecular weight is 294 g/mol. The fraction of sp³-hybridized carbons (Fsp3) is 0.333. The Morgan fingerprint density at radius 1 is 1.29 bits per heavy atom. The lowest BCUT2D eigenvalue weighted by Gasteiger charge is -2.01. The predicted molar refractivity (Wildman–Crippen MR) is 67.4 cm³/mol. The summed E-state index contributed by atoms with van der Waals surface area (Å²) in [7, 11) is 0. The Labute approximate surface area is 108 Å². The highest BCUT2D eigenvalue weighted by Gasteiger charge is 2.22. The second-order valence-corrected chi connectivity index (χ2v) is 5.03. The Kier molecular flexibility index (Phi) is 2.94. The molecule has 1 saturated heterocycles. The molecule has 4 nitrogen and oxygen atoms in total. The fourth-order valence-electron chi connectivity index (χ4n) is 1.99. The molecule has 2 heterocycles. The van der Waals surface area contributed by atoms with Crippen molar-refractivity contribution < 1.29 is 4.52 Å². The largest absolute Gasteiger partial charge is 0.337 e. The third-order valence-corrected chi connectivity index (χ3v) is 3.43. The summed E-state index contributed by atoms with van der Waals surface area (Å²) in [5.74, 6) is 1.35. The lowest BCUT2D eigenvalue weighted by molar-refractivity contribution is 0.345. The van der Waals surface area contributed by atoms with E-state index in [4.69, 9.17) is 4.52 Å². The molecule has 17 heavy (non-hydrogen) atoms. The van der Waals surface area contributed by atoms with Gasteiger partial charge in [0.1, 0.15) is 0 Å². The standard InChI is InChI=1S/C12H12BrN3O/c13-9-5-3-8(4-6-9)11-15-12(17-16-11)10-2-1-7-14-10/h3-6,10,14H,1-2,7H2. The van der Waals surface area contributed by atoms with Crippen LogP contribution in [0.5, 0.6) is 0 Å². The smallest absolute Gasteiger partial charge is 0.244 e. The van der Waals surface area contributed by atoms with E-state index in [1.54, 1.807) is 0 Å². The van der Waals surface area contributed by atoms with Crippen molar-refractivity contribution in [3.8, 4) is 11.4 Å². The molecule has 1 aromatic heterocycles. The van der Waals surface area contributed by atoms with Crippen LogP contribution in [0.1, 0.15) is 24.8 Å². The predicted octanol–water partition coefficient (Wildman–Crippen LogP) is 2.92. The van der Waals surface area contributed by atoms with Gasteiger partial charge in [-0.2, -0.15) is 4.98 Å². The Hall–Kier alpha value is -1.20. The van der Waals surface area contributed by atoms with Gasteiger partial charge in [0.15, 0.2) is 0 Å². The summed E-state index contributed by atoms with van der Waals surface area (Å²) in [6.07, 6.45) is 2.24. The van der Waals surface area contributed by atoms with E-state index in [9.17, 15) is 0 Å². The maximum atomic E-state index is 5.30. The van der Waals surface area contributed by atoms with Crippen LogP contribution < -0.4 is 5.32 Å². The first kappa shape index (κ1) is 10.9. The van der Waals surface area contributed by atoms with Gasteiger partial charge >= 0.3 is 0 Å². The number of rotatable bonds is 2. The van der Waals surface area contributed by atoms with Crippen LogP contribution in [-0.4, -0.2) is 16.7 Å². The van der Waals surface area contributed by atoms with Crippen LogP contribution in [0.3, 0.4) is 0 Å². The van der Waals surface area contributed by atoms with Gasteiger partial charge in [0, 0.05) is 10.0 Å². The van der Waals surface area contributed by atoms with Crippen molar-refractivity contribution in [1.29, 1.82) is 0 Å². The first-order valence-electron chi connectivity index (χ1n) is 5.66. The minimum atomic E-state index is 0.228. The van der Waals surface area contributed by atoms with Crippen molar-refractivity contribution in [3.63, 3.8) is 0 Å². The SMILES string of the molecule is Brc1ccc(-c2noc(C3CCCN3)n2)cc1. The van der Waals surface area contributed by atoms with Crippen molar-refractivity contribution in [1.82, 2.24) is 15.5 Å². The van der Waals surface area contributed by atoms with Gasteiger partial charge < -0.3 is 9.84 Å². The molecule has 1 unspecified atom stereocenters. The van der Waals surface area contributed by atoms with Crippen LogP contribution in [0, 0.1) is 0 Å². The van der Waals surface area contributed by atoms with Crippen molar-refractivity contribution in [3.05, 3.63) is 34.6 Å². The third-order valence-electron chi connectivity index (χ3n) is 2.90. The normalized spacial score (nSPS) is 19.7. The lowest BCUT2D eigenvalue weighted by Crippen LogP contribution is -2.12. The van der Waals surface area contributed by atoms with Gasteiger partial charge in [-0.15, -0.1) is 0 Å². The minimum Gasteiger partial charge on any atom is -0.337 e. The lowest BCUT2D eigenvalue weighted by atomic mass is 10.2. The van der Waals surface area contributed by atoms with Crippen LogP contribution in [-0.2, 0) is 0 Å². The first-order chi connectivity index (χ1) is 8.33. The maximum Gasteiger partial charge on any atom is 0.244 e. The van der Waals surface area contributed by atoms with E-state index < -0.39 is 0 Å². The Balaban J connectivity index is 1.86. The number of hydrogen-bond donors (Lipinski definition) is 1. The molecule has 5 heteroatoms. The van der Waals surface area contributed by atoms with Gasteiger partial charge in [-0.3, -0.25) is 0 Å². The van der Waals surface area contributed by atoms with Crippen LogP contribution in [0.15, 0.2) is 33.3 Å². The van der Waals surface area contributed by atoms with Crippen molar-refractivity contribution in [2.24, 2.45) is 0 Å². The van der Waals surface area contributed by atoms with Crippen molar-refractivity contribution >= 4 is 15.9 Å². The molecule has 3 rings (SSSR count). The first-order valence-corrected chi connectivity index (χ1v) is 6.45. The van der Waals surface area contributed by atoms with Gasteiger partial charge in [0.25, 0.3) is 0 Å². The van der Waals surface area contributed by atoms with Gasteiger partial charge in [-0.1, -0.05) is 21.1 Å². The second kappa shape index (κ2) is 4.58. The fourth-order valence-corrected chi connectivity index (χ4v) is 2.25. The van der Waals surface area contributed by atoms with Crippen molar-refractivity contribution in [2.45, 2.75) is 18.9 Å². The zero-order chi connectivity index (χ0) is 11.7. The topological polar surface area (TPSA) is 51.0 Å². The highest BCUT2D eigenvalue weighted by atomic mass is 79.9. The zero-order valence-corrected chi connectivity index (χ0v) is 10.8. The number of nitrogens with one attached hydrogen (secondary N) is 1. The highest BCUT2D eigenvalue weighted by Crippen LogP contribution is 2.24. The van der Waals surface area contributed by atoms with Crippen LogP contribution >= 0.6 is 15.9 Å². The second-order valence-electron chi connectivity index (χ2n) is 4.11. The van der Waals surface area contributed by atoms with E-state index in [2.05, 4.69) is 31.4 Å². The summed E-state index contributed by atoms with van der Waals surface area (Å²) in [6.45, 7) is 1.03. The Morgan fingerprint density at radius 3 is 2.82 bits per heavy atom. The van der Waals surface area contributed by atoms with Gasteiger partial charge in [0.05, 0.1) is 6.04 Å². The summed E-state index contributed by atoms with van der Waals surface area (Å²) < 4.78 is 6.34. The monoisotopic (exact) mass is 293 g/mol. The molecule has 1 aromatic carbocycles. The third kappa shape index (κ3) is 2.25. The van der Waals surface area contributed by atoms with E-state index >= 15 is 0 Å². The molecular formula is C12H12BrN3O. The number of nitrogens with zero attached hydrogens (tertiary/aromatic N) is 2. The summed E-state index contributed by atoms with van der Waals surface area (Å²) in [5.41, 5.74) is 0.973. The van der Waals surface area contributed by atoms with E-state index in [1.807, 2.05) is 24.3 Å². The molecule has 0 spiro atoms. The van der Waals surface area contributed by atoms with E-state index in [0.29, 0.717) is 11.7 Å². The molecule has 1 N–H and O–H groups in total. The molecule has 0 amide bonds. The molecule has 1 fully saturated rings. The zero-order valence-electron chi connectivity index (χ0n) is 9.19. The number of aromatic nitrogens is 2. The Bertz CT molecular complexity index is 503. The van der Waals surface area contributed by atoms with Gasteiger partial charge in [0.2, 0.25) is 11.7 Å².